The Morgan fingerprint density at radius 1 is 0.300 bits per heavy atom. The Kier molecular flexibility index (Phi) is 11.6. The van der Waals surface area contributed by atoms with E-state index in [2.05, 4.69) is 294 Å². The van der Waals surface area contributed by atoms with Crippen molar-refractivity contribution in [3.05, 3.63) is 291 Å². The monoisotopic (exact) mass is 1020 g/mol. The third-order valence-electron chi connectivity index (χ3n) is 15.8. The highest BCUT2D eigenvalue weighted by Gasteiger charge is 2.26. The van der Waals surface area contributed by atoms with Gasteiger partial charge in [-0.2, -0.15) is 0 Å². The van der Waals surface area contributed by atoms with Gasteiger partial charge in [-0.3, -0.25) is 0 Å². The summed E-state index contributed by atoms with van der Waals surface area (Å²) in [7, 11) is 0. The predicted octanol–water partition coefficient (Wildman–Crippen LogP) is 19.5. The second kappa shape index (κ2) is 19.8. The highest BCUT2D eigenvalue weighted by Crippen LogP contribution is 2.47. The first-order chi connectivity index (χ1) is 39.7. The van der Waals surface area contributed by atoms with Gasteiger partial charge < -0.3 is 9.13 Å². The number of hydrogen-bond donors (Lipinski definition) is 0. The first-order valence-corrected chi connectivity index (χ1v) is 27.5. The van der Waals surface area contributed by atoms with Gasteiger partial charge in [0.15, 0.2) is 17.5 Å². The minimum atomic E-state index is 0.585. The first-order valence-electron chi connectivity index (χ1n) is 27.5. The molecule has 0 radical (unpaired) electrons. The first kappa shape index (κ1) is 46.8. The van der Waals surface area contributed by atoms with Crippen LogP contribution in [0.15, 0.2) is 285 Å². The number of benzene rings is 11. The van der Waals surface area contributed by atoms with E-state index in [1.807, 2.05) is 0 Å². The van der Waals surface area contributed by atoms with Crippen LogP contribution in [0.25, 0.3) is 139 Å². The third-order valence-corrected chi connectivity index (χ3v) is 15.8. The summed E-state index contributed by atoms with van der Waals surface area (Å²) in [6, 6.07) is 95.9. The van der Waals surface area contributed by atoms with Gasteiger partial charge in [0.2, 0.25) is 0 Å². The molecule has 80 heavy (non-hydrogen) atoms. The van der Waals surface area contributed by atoms with Crippen LogP contribution in [0.1, 0.15) is 18.4 Å². The van der Waals surface area contributed by atoms with E-state index in [-0.39, 0.29) is 0 Å². The molecular formula is C75H51N5. The van der Waals surface area contributed by atoms with Gasteiger partial charge in [0.25, 0.3) is 0 Å². The molecule has 3 heterocycles. The van der Waals surface area contributed by atoms with Gasteiger partial charge in [-0.15, -0.1) is 0 Å². The fourth-order valence-corrected chi connectivity index (χ4v) is 12.1. The molecular weight excluding hydrogens is 971 g/mol. The molecule has 376 valence electrons. The smallest absolute Gasteiger partial charge is 0.164 e. The van der Waals surface area contributed by atoms with Crippen LogP contribution in [0, 0.1) is 0 Å². The number of rotatable bonds is 10. The summed E-state index contributed by atoms with van der Waals surface area (Å²) in [5.74, 6) is 1.79. The molecule has 0 aliphatic heterocycles. The van der Waals surface area contributed by atoms with Crippen molar-refractivity contribution in [3.63, 3.8) is 0 Å². The molecule has 0 amide bonds. The van der Waals surface area contributed by atoms with Crippen molar-refractivity contribution in [2.45, 2.75) is 12.8 Å². The maximum atomic E-state index is 5.57. The summed E-state index contributed by atoms with van der Waals surface area (Å²) < 4.78 is 4.92. The Morgan fingerprint density at radius 2 is 0.713 bits per heavy atom. The Hall–Kier alpha value is -10.5. The Bertz CT molecular complexity index is 4650. The standard InChI is InChI=1S/C75H51N5/c1-7-23-50(24-8-1)53-39-41-56(42-40-53)73-76-74(59-46-57(51-25-9-2-10-26-51)45-58(47-59)52-27-11-3-12-28-52)78-75(77-73)60-48-64(54-29-13-4-14-30-54)72(65(49-60)55-31-15-5-16-32-55)80-67-38-22-20-36-63(67)71-69(80)44-43-68-70(71)62-35-19-21-37-66(62)79(68)61-33-17-6-18-34-61/h1-11,13-27,29-49H,12,28H2. The van der Waals surface area contributed by atoms with Crippen LogP contribution < -0.4 is 0 Å². The SMILES string of the molecule is C1=CCCC(c2cc(-c3ccccc3)cc(-c3nc(-c4ccc(-c5ccccc5)cc4)nc(-c4cc(-c5ccccc5)c(-n5c6ccccc6c6c7c8ccccc8n(-c8ccccc8)c7ccc65)c(-c5ccccc5)c4)n3)c2)=C1. The number of aromatic nitrogens is 5. The molecule has 0 saturated carbocycles. The molecule has 0 N–H and O–H groups in total. The molecule has 5 nitrogen and oxygen atoms in total. The van der Waals surface area contributed by atoms with Crippen LogP contribution in [0.4, 0.5) is 0 Å². The summed E-state index contributed by atoms with van der Waals surface area (Å²) in [4.78, 5) is 16.5. The van der Waals surface area contributed by atoms with Crippen molar-refractivity contribution in [2.24, 2.45) is 0 Å². The highest BCUT2D eigenvalue weighted by molar-refractivity contribution is 6.29. The highest BCUT2D eigenvalue weighted by atomic mass is 15.0. The van der Waals surface area contributed by atoms with E-state index in [0.717, 1.165) is 102 Å². The van der Waals surface area contributed by atoms with Gasteiger partial charge in [-0.1, -0.05) is 218 Å². The number of hydrogen-bond acceptors (Lipinski definition) is 3. The molecule has 5 heteroatoms. The van der Waals surface area contributed by atoms with E-state index in [1.54, 1.807) is 0 Å². The van der Waals surface area contributed by atoms with Gasteiger partial charge in [0, 0.05) is 55.0 Å². The van der Waals surface area contributed by atoms with Crippen molar-refractivity contribution >= 4 is 49.2 Å². The van der Waals surface area contributed by atoms with Crippen molar-refractivity contribution in [1.82, 2.24) is 24.1 Å². The van der Waals surface area contributed by atoms with Crippen LogP contribution in [0.2, 0.25) is 0 Å². The summed E-state index contributed by atoms with van der Waals surface area (Å²) >= 11 is 0. The van der Waals surface area contributed by atoms with E-state index < -0.39 is 0 Å². The molecule has 0 fully saturated rings. The molecule has 0 atom stereocenters. The van der Waals surface area contributed by atoms with Crippen LogP contribution in [-0.4, -0.2) is 24.1 Å². The fraction of sp³-hybridized carbons (Fsp3) is 0.0267. The lowest BCUT2D eigenvalue weighted by Crippen LogP contribution is -2.04. The zero-order valence-electron chi connectivity index (χ0n) is 43.8. The van der Waals surface area contributed by atoms with Crippen LogP contribution in [0.5, 0.6) is 0 Å². The van der Waals surface area contributed by atoms with E-state index in [0.29, 0.717) is 17.5 Å². The van der Waals surface area contributed by atoms with Crippen molar-refractivity contribution in [1.29, 1.82) is 0 Å². The largest absolute Gasteiger partial charge is 0.309 e. The summed E-state index contributed by atoms with van der Waals surface area (Å²) in [5, 5.41) is 4.85. The average Bonchev–Trinajstić information content (AvgIpc) is 4.08. The van der Waals surface area contributed by atoms with Crippen molar-refractivity contribution in [3.8, 4) is 90.0 Å². The molecule has 11 aromatic carbocycles. The molecule has 0 unspecified atom stereocenters. The lowest BCUT2D eigenvalue weighted by atomic mass is 9.92. The minimum absolute atomic E-state index is 0.585. The molecule has 15 rings (SSSR count). The topological polar surface area (TPSA) is 48.5 Å². The molecule has 14 aromatic rings. The van der Waals surface area contributed by atoms with E-state index in [4.69, 9.17) is 15.0 Å². The summed E-state index contributed by atoms with van der Waals surface area (Å²) in [6.45, 7) is 0. The van der Waals surface area contributed by atoms with Crippen molar-refractivity contribution in [2.75, 3.05) is 0 Å². The molecule has 1 aliphatic carbocycles. The Labute approximate surface area is 464 Å². The van der Waals surface area contributed by atoms with E-state index in [9.17, 15) is 0 Å². The quantitative estimate of drug-likeness (QED) is 0.137. The van der Waals surface area contributed by atoms with Gasteiger partial charge >= 0.3 is 0 Å². The number of allylic oxidation sites excluding steroid dienone is 4. The van der Waals surface area contributed by atoms with Gasteiger partial charge in [0.05, 0.1) is 27.8 Å². The number of para-hydroxylation sites is 3. The molecule has 0 spiro atoms. The van der Waals surface area contributed by atoms with Crippen LogP contribution in [-0.2, 0) is 0 Å². The normalized spacial score (nSPS) is 12.4. The Balaban J connectivity index is 1.01. The average molecular weight is 1020 g/mol. The van der Waals surface area contributed by atoms with E-state index >= 15 is 0 Å². The Morgan fingerprint density at radius 3 is 1.26 bits per heavy atom. The molecule has 1 aliphatic rings. The van der Waals surface area contributed by atoms with Crippen LogP contribution in [0.3, 0.4) is 0 Å². The molecule has 0 saturated heterocycles. The minimum Gasteiger partial charge on any atom is -0.309 e. The van der Waals surface area contributed by atoms with E-state index in [1.165, 1.54) is 38.2 Å². The van der Waals surface area contributed by atoms with Crippen molar-refractivity contribution < 1.29 is 0 Å². The van der Waals surface area contributed by atoms with Gasteiger partial charge in [-0.05, 0) is 124 Å². The predicted molar refractivity (Wildman–Crippen MR) is 333 cm³/mol. The van der Waals surface area contributed by atoms with Gasteiger partial charge in [0.1, 0.15) is 0 Å². The molecule has 0 bridgehead atoms. The van der Waals surface area contributed by atoms with Gasteiger partial charge in [-0.25, -0.2) is 15.0 Å². The third kappa shape index (κ3) is 8.23. The molecule has 3 aromatic heterocycles. The maximum absolute atomic E-state index is 5.57. The lowest BCUT2D eigenvalue weighted by molar-refractivity contribution is 1.05. The number of nitrogens with zero attached hydrogens (tertiary/aromatic N) is 5. The summed E-state index contributed by atoms with van der Waals surface area (Å²) in [6.07, 6.45) is 8.62. The zero-order chi connectivity index (χ0) is 52.9. The summed E-state index contributed by atoms with van der Waals surface area (Å²) in [5.41, 5.74) is 20.7. The number of fused-ring (bicyclic) bond motifs is 7. The van der Waals surface area contributed by atoms with Crippen LogP contribution >= 0.6 is 0 Å². The fourth-order valence-electron chi connectivity index (χ4n) is 12.1. The zero-order valence-corrected chi connectivity index (χ0v) is 43.8. The second-order valence-electron chi connectivity index (χ2n) is 20.6. The lowest BCUT2D eigenvalue weighted by Gasteiger charge is -2.21. The second-order valence-corrected chi connectivity index (χ2v) is 20.6. The maximum Gasteiger partial charge on any atom is 0.164 e.